The van der Waals surface area contributed by atoms with Gasteiger partial charge in [-0.3, -0.25) is 4.90 Å². The number of para-hydroxylation sites is 1. The summed E-state index contributed by atoms with van der Waals surface area (Å²) in [5.74, 6) is 2.12. The minimum Gasteiger partial charge on any atom is -0.369 e. The molecule has 1 aromatic carbocycles. The van der Waals surface area contributed by atoms with Crippen LogP contribution in [0.2, 0.25) is 0 Å². The summed E-state index contributed by atoms with van der Waals surface area (Å²) in [7, 11) is 0. The summed E-state index contributed by atoms with van der Waals surface area (Å²) < 4.78 is 0. The molecule has 0 spiro atoms. The van der Waals surface area contributed by atoms with Gasteiger partial charge < -0.3 is 4.90 Å². The van der Waals surface area contributed by atoms with E-state index in [1.165, 1.54) is 37.9 Å². The Hall–Kier alpha value is -1.24. The Bertz CT molecular complexity index is 742. The number of rotatable bonds is 5. The van der Waals surface area contributed by atoms with Crippen LogP contribution in [0.4, 0.5) is 5.69 Å². The van der Waals surface area contributed by atoms with Crippen molar-refractivity contribution in [3.05, 3.63) is 29.8 Å². The highest BCUT2D eigenvalue weighted by atomic mass is 35.5. The molecule has 1 saturated heterocycles. The molecule has 3 nitrogen and oxygen atoms in total. The third-order valence-corrected chi connectivity index (χ3v) is 7.56. The molecule has 1 aromatic rings. The molecule has 0 aromatic heterocycles. The average Bonchev–Trinajstić information content (AvgIpc) is 3.37. The third kappa shape index (κ3) is 5.51. The minimum atomic E-state index is 0. The van der Waals surface area contributed by atoms with Crippen molar-refractivity contribution >= 4 is 18.1 Å². The number of hydrogen-bond acceptors (Lipinski definition) is 3. The second kappa shape index (κ2) is 9.09. The Labute approximate surface area is 190 Å². The van der Waals surface area contributed by atoms with Gasteiger partial charge in [-0.1, -0.05) is 45.9 Å². The maximum Gasteiger partial charge on any atom is 0.0624 e. The summed E-state index contributed by atoms with van der Waals surface area (Å²) >= 11 is 0. The standard InChI is InChI=1S/C26H39N3.ClH/c1-25(2)16-22(17-26(3,4)19-25)23-7-5-6-8-24(23)29-13-11-28(12-14-29)18-21-15-20(21)9-10-27;/h5-8,20-22H,9,11-19H2,1-4H3;1H. The second-order valence-corrected chi connectivity index (χ2v) is 11.6. The second-order valence-electron chi connectivity index (χ2n) is 11.6. The Morgan fingerprint density at radius 2 is 1.60 bits per heavy atom. The fraction of sp³-hybridized carbons (Fsp3) is 0.731. The van der Waals surface area contributed by atoms with Crippen molar-refractivity contribution in [1.82, 2.24) is 4.90 Å². The summed E-state index contributed by atoms with van der Waals surface area (Å²) in [6, 6.07) is 11.6. The van der Waals surface area contributed by atoms with Crippen molar-refractivity contribution in [2.45, 2.75) is 65.7 Å². The molecule has 4 heteroatoms. The lowest BCUT2D eigenvalue weighted by atomic mass is 9.60. The average molecular weight is 430 g/mol. The van der Waals surface area contributed by atoms with Crippen LogP contribution in [-0.2, 0) is 0 Å². The quantitative estimate of drug-likeness (QED) is 0.566. The Balaban J connectivity index is 0.00000256. The topological polar surface area (TPSA) is 30.3 Å². The van der Waals surface area contributed by atoms with Crippen LogP contribution in [-0.4, -0.2) is 37.6 Å². The molecular weight excluding hydrogens is 390 g/mol. The van der Waals surface area contributed by atoms with Gasteiger partial charge in [0.25, 0.3) is 0 Å². The number of nitriles is 1. The van der Waals surface area contributed by atoms with Gasteiger partial charge in [-0.2, -0.15) is 5.26 Å². The van der Waals surface area contributed by atoms with Crippen molar-refractivity contribution < 1.29 is 0 Å². The first-order chi connectivity index (χ1) is 13.8. The van der Waals surface area contributed by atoms with Gasteiger partial charge in [-0.15, -0.1) is 12.4 Å². The number of nitrogens with zero attached hydrogens (tertiary/aromatic N) is 3. The molecule has 3 aliphatic rings. The molecule has 0 radical (unpaired) electrons. The Morgan fingerprint density at radius 1 is 0.967 bits per heavy atom. The Kier molecular flexibility index (Phi) is 7.10. The van der Waals surface area contributed by atoms with Gasteiger partial charge in [0, 0.05) is 44.8 Å². The summed E-state index contributed by atoms with van der Waals surface area (Å²) in [4.78, 5) is 5.27. The van der Waals surface area contributed by atoms with E-state index in [0.717, 1.165) is 38.5 Å². The molecule has 166 valence electrons. The fourth-order valence-corrected chi connectivity index (χ4v) is 6.59. The fourth-order valence-electron chi connectivity index (χ4n) is 6.59. The summed E-state index contributed by atoms with van der Waals surface area (Å²) in [5, 5.41) is 8.89. The molecule has 30 heavy (non-hydrogen) atoms. The van der Waals surface area contributed by atoms with E-state index < -0.39 is 0 Å². The molecule has 1 aliphatic heterocycles. The van der Waals surface area contributed by atoms with Gasteiger partial charge in [0.1, 0.15) is 0 Å². The maximum atomic E-state index is 8.89. The zero-order valence-corrected chi connectivity index (χ0v) is 20.2. The van der Waals surface area contributed by atoms with E-state index in [1.54, 1.807) is 5.56 Å². The van der Waals surface area contributed by atoms with E-state index in [1.807, 2.05) is 0 Å². The van der Waals surface area contributed by atoms with Crippen LogP contribution < -0.4 is 4.90 Å². The molecule has 4 rings (SSSR count). The maximum absolute atomic E-state index is 8.89. The molecule has 2 saturated carbocycles. The van der Waals surface area contributed by atoms with E-state index in [2.05, 4.69) is 67.8 Å². The number of anilines is 1. The number of hydrogen-bond donors (Lipinski definition) is 0. The predicted octanol–water partition coefficient (Wildman–Crippen LogP) is 6.10. The van der Waals surface area contributed by atoms with Crippen molar-refractivity contribution in [3.63, 3.8) is 0 Å². The normalized spacial score (nSPS) is 28.4. The summed E-state index contributed by atoms with van der Waals surface area (Å²) in [6.45, 7) is 15.6. The SMILES string of the molecule is CC1(C)CC(c2ccccc2N2CCN(CC3CC3CC#N)CC2)CC(C)(C)C1.Cl. The minimum absolute atomic E-state index is 0. The van der Waals surface area contributed by atoms with Crippen LogP contribution in [0, 0.1) is 34.0 Å². The number of piperazine rings is 1. The van der Waals surface area contributed by atoms with Crippen LogP contribution in [0.25, 0.3) is 0 Å². The van der Waals surface area contributed by atoms with Gasteiger partial charge in [0.15, 0.2) is 0 Å². The van der Waals surface area contributed by atoms with Crippen LogP contribution in [0.3, 0.4) is 0 Å². The van der Waals surface area contributed by atoms with Gasteiger partial charge >= 0.3 is 0 Å². The monoisotopic (exact) mass is 429 g/mol. The zero-order chi connectivity index (χ0) is 20.6. The van der Waals surface area contributed by atoms with Gasteiger partial charge in [0.2, 0.25) is 0 Å². The van der Waals surface area contributed by atoms with Crippen LogP contribution in [0.15, 0.2) is 24.3 Å². The first kappa shape index (κ1) is 23.4. The lowest BCUT2D eigenvalue weighted by Gasteiger charge is -2.46. The highest BCUT2D eigenvalue weighted by Gasteiger charge is 2.40. The molecule has 0 amide bonds. The summed E-state index contributed by atoms with van der Waals surface area (Å²) in [5.41, 5.74) is 3.91. The van der Waals surface area contributed by atoms with Crippen LogP contribution >= 0.6 is 12.4 Å². The van der Waals surface area contributed by atoms with Gasteiger partial charge in [-0.05, 0) is 65.9 Å². The molecule has 1 heterocycles. The van der Waals surface area contributed by atoms with E-state index >= 15 is 0 Å². The molecule has 0 N–H and O–H groups in total. The predicted molar refractivity (Wildman–Crippen MR) is 128 cm³/mol. The first-order valence-corrected chi connectivity index (χ1v) is 11.7. The van der Waals surface area contributed by atoms with Crippen molar-refractivity contribution in [3.8, 4) is 6.07 Å². The lowest BCUT2D eigenvalue weighted by molar-refractivity contribution is 0.0970. The lowest BCUT2D eigenvalue weighted by Crippen LogP contribution is -2.47. The van der Waals surface area contributed by atoms with E-state index in [4.69, 9.17) is 5.26 Å². The molecule has 0 bridgehead atoms. The van der Waals surface area contributed by atoms with Gasteiger partial charge in [-0.25, -0.2) is 0 Å². The number of halogens is 1. The largest absolute Gasteiger partial charge is 0.369 e. The molecular formula is C26H40ClN3. The highest BCUT2D eigenvalue weighted by Crippen LogP contribution is 2.53. The summed E-state index contributed by atoms with van der Waals surface area (Å²) in [6.07, 6.45) is 5.95. The molecule has 2 unspecified atom stereocenters. The van der Waals surface area contributed by atoms with Crippen molar-refractivity contribution in [2.24, 2.45) is 22.7 Å². The van der Waals surface area contributed by atoms with Crippen LogP contribution in [0.5, 0.6) is 0 Å². The zero-order valence-electron chi connectivity index (χ0n) is 19.4. The van der Waals surface area contributed by atoms with Crippen molar-refractivity contribution in [2.75, 3.05) is 37.6 Å². The molecule has 2 atom stereocenters. The van der Waals surface area contributed by atoms with Crippen molar-refractivity contribution in [1.29, 1.82) is 5.26 Å². The smallest absolute Gasteiger partial charge is 0.0624 e. The van der Waals surface area contributed by atoms with Gasteiger partial charge in [0.05, 0.1) is 6.07 Å². The molecule has 3 fully saturated rings. The van der Waals surface area contributed by atoms with E-state index in [-0.39, 0.29) is 12.4 Å². The third-order valence-electron chi connectivity index (χ3n) is 7.56. The van der Waals surface area contributed by atoms with E-state index in [0.29, 0.717) is 22.7 Å². The molecule has 2 aliphatic carbocycles. The Morgan fingerprint density at radius 3 is 2.23 bits per heavy atom. The van der Waals surface area contributed by atoms with Crippen LogP contribution in [0.1, 0.15) is 71.3 Å². The highest BCUT2D eigenvalue weighted by molar-refractivity contribution is 5.85. The first-order valence-electron chi connectivity index (χ1n) is 11.7. The number of benzene rings is 1. The van der Waals surface area contributed by atoms with E-state index in [9.17, 15) is 0 Å².